The number of amides is 4. The highest BCUT2D eigenvalue weighted by Crippen LogP contribution is 2.41. The van der Waals surface area contributed by atoms with Crippen LogP contribution in [0.3, 0.4) is 0 Å². The molecule has 0 aromatic heterocycles. The van der Waals surface area contributed by atoms with E-state index in [4.69, 9.17) is 4.74 Å². The van der Waals surface area contributed by atoms with Gasteiger partial charge in [-0.15, -0.1) is 0 Å². The summed E-state index contributed by atoms with van der Waals surface area (Å²) in [7, 11) is 1.49. The number of nitrogens with zero attached hydrogens (tertiary/aromatic N) is 2. The molecule has 1 atom stereocenters. The number of hydrogen-bond acceptors (Lipinski definition) is 6. The van der Waals surface area contributed by atoms with Gasteiger partial charge >= 0.3 is 0 Å². The van der Waals surface area contributed by atoms with E-state index in [9.17, 15) is 19.2 Å². The zero-order valence-corrected chi connectivity index (χ0v) is 17.0. The van der Waals surface area contributed by atoms with Crippen LogP contribution in [-0.4, -0.2) is 46.6 Å². The Kier molecular flexibility index (Phi) is 4.59. The minimum absolute atomic E-state index is 0.0892. The number of hydrogen-bond donors (Lipinski definition) is 1. The van der Waals surface area contributed by atoms with Gasteiger partial charge in [0.2, 0.25) is 11.8 Å². The lowest BCUT2D eigenvalue weighted by Crippen LogP contribution is -2.54. The summed E-state index contributed by atoms with van der Waals surface area (Å²) in [6.45, 7) is 1.97. The molecular formula is C23H21N3O5. The molecule has 31 heavy (non-hydrogen) atoms. The van der Waals surface area contributed by atoms with Gasteiger partial charge in [0.25, 0.3) is 11.8 Å². The second kappa shape index (κ2) is 7.31. The van der Waals surface area contributed by atoms with Crippen molar-refractivity contribution in [2.75, 3.05) is 7.11 Å². The van der Waals surface area contributed by atoms with E-state index < -0.39 is 29.7 Å². The molecule has 8 nitrogen and oxygen atoms in total. The summed E-state index contributed by atoms with van der Waals surface area (Å²) in [6.07, 6.45) is 0.217. The van der Waals surface area contributed by atoms with Gasteiger partial charge in [-0.25, -0.2) is 0 Å². The smallest absolute Gasteiger partial charge is 0.266 e. The fourth-order valence-corrected chi connectivity index (χ4v) is 4.70. The van der Waals surface area contributed by atoms with Gasteiger partial charge < -0.3 is 4.74 Å². The Bertz CT molecular complexity index is 1130. The molecule has 158 valence electrons. The second-order valence-corrected chi connectivity index (χ2v) is 8.05. The van der Waals surface area contributed by atoms with Crippen molar-refractivity contribution in [3.63, 3.8) is 0 Å². The summed E-state index contributed by atoms with van der Waals surface area (Å²) in [5.41, 5.74) is 3.48. The number of fused-ring (bicyclic) bond motifs is 2. The monoisotopic (exact) mass is 419 g/mol. The Morgan fingerprint density at radius 2 is 1.84 bits per heavy atom. The maximum atomic E-state index is 13.2. The maximum Gasteiger partial charge on any atom is 0.266 e. The molecule has 1 unspecified atom stereocenters. The molecule has 5 rings (SSSR count). The fourth-order valence-electron chi connectivity index (χ4n) is 4.70. The van der Waals surface area contributed by atoms with Gasteiger partial charge in [0.1, 0.15) is 11.8 Å². The highest BCUT2D eigenvalue weighted by molar-refractivity contribution is 6.24. The summed E-state index contributed by atoms with van der Waals surface area (Å²) in [5, 5.41) is 2.21. The molecule has 1 N–H and O–H groups in total. The van der Waals surface area contributed by atoms with Crippen LogP contribution in [0.15, 0.2) is 36.4 Å². The third-order valence-electron chi connectivity index (χ3n) is 6.11. The van der Waals surface area contributed by atoms with Crippen LogP contribution in [0.1, 0.15) is 50.2 Å². The van der Waals surface area contributed by atoms with E-state index in [1.807, 2.05) is 18.2 Å². The van der Waals surface area contributed by atoms with Crippen molar-refractivity contribution in [3.8, 4) is 5.75 Å². The average molecular weight is 419 g/mol. The van der Waals surface area contributed by atoms with E-state index in [2.05, 4.69) is 22.3 Å². The van der Waals surface area contributed by atoms with E-state index in [0.29, 0.717) is 18.8 Å². The Morgan fingerprint density at radius 3 is 2.55 bits per heavy atom. The predicted molar refractivity (Wildman–Crippen MR) is 109 cm³/mol. The van der Waals surface area contributed by atoms with Crippen molar-refractivity contribution >= 4 is 23.6 Å². The molecule has 0 aliphatic carbocycles. The number of carbonyl (C=O) groups is 4. The predicted octanol–water partition coefficient (Wildman–Crippen LogP) is 1.61. The highest BCUT2D eigenvalue weighted by Gasteiger charge is 2.47. The molecule has 3 aliphatic heterocycles. The zero-order valence-electron chi connectivity index (χ0n) is 17.0. The van der Waals surface area contributed by atoms with Crippen LogP contribution in [0.2, 0.25) is 0 Å². The molecule has 3 heterocycles. The minimum atomic E-state index is -0.987. The van der Waals surface area contributed by atoms with E-state index in [1.54, 1.807) is 6.07 Å². The van der Waals surface area contributed by atoms with Crippen LogP contribution in [0.5, 0.6) is 5.75 Å². The Balaban J connectivity index is 1.47. The number of rotatable bonds is 4. The van der Waals surface area contributed by atoms with Gasteiger partial charge in [-0.1, -0.05) is 30.3 Å². The summed E-state index contributed by atoms with van der Waals surface area (Å²) in [4.78, 5) is 53.3. The first-order valence-corrected chi connectivity index (χ1v) is 10.2. The van der Waals surface area contributed by atoms with Crippen molar-refractivity contribution in [3.05, 3.63) is 64.2 Å². The lowest BCUT2D eigenvalue weighted by atomic mass is 9.99. The molecule has 0 spiro atoms. The van der Waals surface area contributed by atoms with E-state index >= 15 is 0 Å². The lowest BCUT2D eigenvalue weighted by molar-refractivity contribution is -0.136. The minimum Gasteiger partial charge on any atom is -0.496 e. The summed E-state index contributed by atoms with van der Waals surface area (Å²) in [5.74, 6) is -1.68. The first-order valence-electron chi connectivity index (χ1n) is 10.2. The van der Waals surface area contributed by atoms with Gasteiger partial charge in [-0.3, -0.25) is 34.3 Å². The lowest BCUT2D eigenvalue weighted by Gasteiger charge is -2.27. The van der Waals surface area contributed by atoms with Gasteiger partial charge in [0.15, 0.2) is 0 Å². The number of nitrogens with one attached hydrogen (secondary N) is 1. The number of imide groups is 2. The quantitative estimate of drug-likeness (QED) is 0.757. The molecule has 3 aliphatic rings. The molecule has 0 radical (unpaired) electrons. The maximum absolute atomic E-state index is 13.2. The first kappa shape index (κ1) is 19.4. The van der Waals surface area contributed by atoms with Crippen LogP contribution >= 0.6 is 0 Å². The van der Waals surface area contributed by atoms with Crippen LogP contribution in [-0.2, 0) is 29.2 Å². The van der Waals surface area contributed by atoms with Crippen molar-refractivity contribution in [1.82, 2.24) is 15.1 Å². The Morgan fingerprint density at radius 1 is 1.06 bits per heavy atom. The molecule has 8 heteroatoms. The van der Waals surface area contributed by atoms with Gasteiger partial charge in [-0.2, -0.15) is 0 Å². The normalized spacial score (nSPS) is 20.7. The largest absolute Gasteiger partial charge is 0.496 e. The number of carbonyl (C=O) groups excluding carboxylic acids is 4. The van der Waals surface area contributed by atoms with Crippen LogP contribution in [0.4, 0.5) is 0 Å². The van der Waals surface area contributed by atoms with Crippen molar-refractivity contribution in [2.45, 2.75) is 38.5 Å². The van der Waals surface area contributed by atoms with E-state index in [0.717, 1.165) is 22.6 Å². The molecular weight excluding hydrogens is 398 g/mol. The van der Waals surface area contributed by atoms with Gasteiger partial charge in [0, 0.05) is 31.6 Å². The van der Waals surface area contributed by atoms with E-state index in [-0.39, 0.29) is 24.0 Å². The van der Waals surface area contributed by atoms with E-state index in [1.165, 1.54) is 12.7 Å². The molecule has 0 saturated carbocycles. The molecule has 1 saturated heterocycles. The standard InChI is InChI=1S/C23H21N3O5/c1-31-20-16-12-25(10-13-5-3-2-4-6-13)11-14(16)9-15-19(20)23(30)26(22(15)29)17-7-8-18(27)24-21(17)28/h2-6,9,17H,7-8,10-12H2,1H3,(H,24,27,28). The van der Waals surface area contributed by atoms with Crippen molar-refractivity contribution in [2.24, 2.45) is 0 Å². The van der Waals surface area contributed by atoms with Crippen LogP contribution in [0, 0.1) is 0 Å². The average Bonchev–Trinajstić information content (AvgIpc) is 3.26. The Hall–Kier alpha value is -3.52. The SMILES string of the molecule is COc1c2c(cc3c1C(=O)N(C1CCC(=O)NC1=O)C3=O)CN(Cc1ccccc1)C2. The number of methoxy groups -OCH3 is 1. The van der Waals surface area contributed by atoms with Crippen molar-refractivity contribution in [1.29, 1.82) is 0 Å². The second-order valence-electron chi connectivity index (χ2n) is 8.05. The fraction of sp³-hybridized carbons (Fsp3) is 0.304. The number of ether oxygens (including phenoxy) is 1. The summed E-state index contributed by atoms with van der Waals surface area (Å²) >= 11 is 0. The Labute approximate surface area is 178 Å². The number of benzene rings is 2. The van der Waals surface area contributed by atoms with Gasteiger partial charge in [-0.05, 0) is 23.6 Å². The first-order chi connectivity index (χ1) is 15.0. The third kappa shape index (κ3) is 3.11. The third-order valence-corrected chi connectivity index (χ3v) is 6.11. The highest BCUT2D eigenvalue weighted by atomic mass is 16.5. The zero-order chi connectivity index (χ0) is 21.7. The molecule has 1 fully saturated rings. The van der Waals surface area contributed by atoms with Gasteiger partial charge in [0.05, 0.1) is 18.2 Å². The molecule has 0 bridgehead atoms. The van der Waals surface area contributed by atoms with Crippen LogP contribution < -0.4 is 10.1 Å². The van der Waals surface area contributed by atoms with Crippen molar-refractivity contribution < 1.29 is 23.9 Å². The molecule has 4 amide bonds. The summed E-state index contributed by atoms with van der Waals surface area (Å²) in [6, 6.07) is 10.9. The molecule has 2 aromatic rings. The molecule has 2 aromatic carbocycles. The number of piperidine rings is 1. The summed E-state index contributed by atoms with van der Waals surface area (Å²) < 4.78 is 5.62. The topological polar surface area (TPSA) is 96.0 Å². The van der Waals surface area contributed by atoms with Crippen LogP contribution in [0.25, 0.3) is 0 Å².